The Balaban J connectivity index is 1.16. The maximum Gasteiger partial charge on any atom is 0.146 e. The topological polar surface area (TPSA) is 17.3 Å². The van der Waals surface area contributed by atoms with Gasteiger partial charge in [-0.05, 0) is 93.0 Å². The molecule has 44 heavy (non-hydrogen) atoms. The summed E-state index contributed by atoms with van der Waals surface area (Å²) < 4.78 is 5.01. The van der Waals surface area contributed by atoms with Crippen molar-refractivity contribution in [1.82, 2.24) is 9.38 Å². The zero-order chi connectivity index (χ0) is 28.8. The van der Waals surface area contributed by atoms with Crippen molar-refractivity contribution < 1.29 is 0 Å². The standard InChI is InChI=1S/C41H24N2S/c1-2-8-28-24-35-32(21-27(28)7-1)33-22-29(17-19-37(33)43-38-11-5-4-10-36(38)42-41(35)43)25-13-15-26(16-14-25)30-18-20-40-34(23-30)31-9-3-6-12-39(31)44-40/h1-24H. The molecular weight excluding hydrogens is 553 g/mol. The van der Waals surface area contributed by atoms with Gasteiger partial charge in [-0.3, -0.25) is 4.40 Å². The summed E-state index contributed by atoms with van der Waals surface area (Å²) in [6.45, 7) is 0. The summed E-state index contributed by atoms with van der Waals surface area (Å²) in [5, 5.41) is 8.78. The SMILES string of the molecule is c1ccc2cc3c(cc2c1)c1cc(-c2ccc(-c4ccc5sc6ccccc6c5c4)cc2)ccc1n1c2ccccc2nc31. The van der Waals surface area contributed by atoms with Crippen molar-refractivity contribution in [2.24, 2.45) is 0 Å². The first-order valence-electron chi connectivity index (χ1n) is 15.0. The van der Waals surface area contributed by atoms with Gasteiger partial charge in [0.05, 0.1) is 16.6 Å². The molecule has 0 radical (unpaired) electrons. The van der Waals surface area contributed by atoms with Crippen LogP contribution in [0.3, 0.4) is 0 Å². The van der Waals surface area contributed by atoms with Crippen LogP contribution < -0.4 is 0 Å². The van der Waals surface area contributed by atoms with Crippen LogP contribution in [-0.2, 0) is 0 Å². The quantitative estimate of drug-likeness (QED) is 0.148. The smallest absolute Gasteiger partial charge is 0.146 e. The molecule has 7 aromatic carbocycles. The van der Waals surface area contributed by atoms with Crippen molar-refractivity contribution in [3.8, 4) is 22.3 Å². The molecule has 204 valence electrons. The lowest BCUT2D eigenvalue weighted by Crippen LogP contribution is -1.92. The second kappa shape index (κ2) is 9.00. The van der Waals surface area contributed by atoms with E-state index in [1.807, 2.05) is 11.3 Å². The molecule has 10 aromatic rings. The van der Waals surface area contributed by atoms with Gasteiger partial charge in [0.2, 0.25) is 0 Å². The van der Waals surface area contributed by atoms with Crippen molar-refractivity contribution >= 4 is 80.6 Å². The summed E-state index contributed by atoms with van der Waals surface area (Å²) >= 11 is 1.86. The Morgan fingerprint density at radius 2 is 1.02 bits per heavy atom. The molecule has 0 aliphatic heterocycles. The van der Waals surface area contributed by atoms with Crippen molar-refractivity contribution in [3.05, 3.63) is 146 Å². The molecule has 0 saturated heterocycles. The van der Waals surface area contributed by atoms with Gasteiger partial charge in [-0.25, -0.2) is 4.98 Å². The van der Waals surface area contributed by atoms with E-state index < -0.39 is 0 Å². The van der Waals surface area contributed by atoms with E-state index in [0.717, 1.165) is 16.7 Å². The Kier molecular flexibility index (Phi) is 4.90. The van der Waals surface area contributed by atoms with Gasteiger partial charge in [0.25, 0.3) is 0 Å². The second-order valence-corrected chi connectivity index (χ2v) is 12.7. The molecule has 0 aliphatic rings. The maximum absolute atomic E-state index is 5.12. The molecule has 0 bridgehead atoms. The Labute approximate surface area is 257 Å². The van der Waals surface area contributed by atoms with Crippen LogP contribution in [0.25, 0.3) is 91.6 Å². The Hall–Kier alpha value is -5.51. The molecule has 10 rings (SSSR count). The number of fused-ring (bicyclic) bond motifs is 12. The summed E-state index contributed by atoms with van der Waals surface area (Å²) in [5.41, 5.74) is 9.23. The molecule has 0 spiro atoms. The molecule has 0 N–H and O–H groups in total. The molecule has 3 aromatic heterocycles. The van der Waals surface area contributed by atoms with Gasteiger partial charge < -0.3 is 0 Å². The van der Waals surface area contributed by atoms with Gasteiger partial charge in [0.15, 0.2) is 0 Å². The number of imidazole rings is 1. The third kappa shape index (κ3) is 3.45. The zero-order valence-electron chi connectivity index (χ0n) is 23.7. The molecule has 0 fully saturated rings. The number of thiophene rings is 1. The number of benzene rings is 7. The summed E-state index contributed by atoms with van der Waals surface area (Å²) in [6.07, 6.45) is 0. The predicted octanol–water partition coefficient (Wildman–Crippen LogP) is 11.6. The third-order valence-electron chi connectivity index (χ3n) is 9.14. The highest BCUT2D eigenvalue weighted by atomic mass is 32.1. The van der Waals surface area contributed by atoms with E-state index in [9.17, 15) is 0 Å². The van der Waals surface area contributed by atoms with Crippen molar-refractivity contribution in [2.75, 3.05) is 0 Å². The molecule has 0 amide bonds. The fourth-order valence-electron chi connectivity index (χ4n) is 6.99. The first kappa shape index (κ1) is 24.0. The van der Waals surface area contributed by atoms with E-state index in [1.165, 1.54) is 74.9 Å². The molecular formula is C41H24N2S. The van der Waals surface area contributed by atoms with Gasteiger partial charge in [-0.15, -0.1) is 11.3 Å². The van der Waals surface area contributed by atoms with Crippen LogP contribution >= 0.6 is 11.3 Å². The average Bonchev–Trinajstić information content (AvgIpc) is 3.66. The van der Waals surface area contributed by atoms with Crippen molar-refractivity contribution in [2.45, 2.75) is 0 Å². The Morgan fingerprint density at radius 1 is 0.409 bits per heavy atom. The first-order chi connectivity index (χ1) is 21.8. The predicted molar refractivity (Wildman–Crippen MR) is 189 cm³/mol. The molecule has 0 unspecified atom stereocenters. The molecule has 0 saturated carbocycles. The van der Waals surface area contributed by atoms with E-state index in [4.69, 9.17) is 4.98 Å². The Morgan fingerprint density at radius 3 is 1.84 bits per heavy atom. The van der Waals surface area contributed by atoms with Crippen LogP contribution in [0.5, 0.6) is 0 Å². The lowest BCUT2D eigenvalue weighted by Gasteiger charge is -2.13. The summed E-state index contributed by atoms with van der Waals surface area (Å²) in [6, 6.07) is 53.2. The first-order valence-corrected chi connectivity index (χ1v) is 15.8. The van der Waals surface area contributed by atoms with E-state index >= 15 is 0 Å². The van der Waals surface area contributed by atoms with Gasteiger partial charge in [-0.2, -0.15) is 0 Å². The number of rotatable bonds is 2. The minimum atomic E-state index is 1.01. The zero-order valence-corrected chi connectivity index (χ0v) is 24.5. The van der Waals surface area contributed by atoms with Gasteiger partial charge >= 0.3 is 0 Å². The van der Waals surface area contributed by atoms with Crippen molar-refractivity contribution in [3.63, 3.8) is 0 Å². The molecule has 2 nitrogen and oxygen atoms in total. The van der Waals surface area contributed by atoms with E-state index in [-0.39, 0.29) is 0 Å². The highest BCUT2D eigenvalue weighted by Gasteiger charge is 2.15. The van der Waals surface area contributed by atoms with Gasteiger partial charge in [0, 0.05) is 30.9 Å². The number of hydrogen-bond donors (Lipinski definition) is 0. The number of para-hydroxylation sites is 2. The van der Waals surface area contributed by atoms with E-state index in [0.29, 0.717) is 0 Å². The lowest BCUT2D eigenvalue weighted by atomic mass is 9.96. The summed E-state index contributed by atoms with van der Waals surface area (Å²) in [5.74, 6) is 0. The number of hydrogen-bond acceptors (Lipinski definition) is 2. The monoisotopic (exact) mass is 576 g/mol. The van der Waals surface area contributed by atoms with E-state index in [1.54, 1.807) is 0 Å². The van der Waals surface area contributed by atoms with Gasteiger partial charge in [0.1, 0.15) is 5.65 Å². The minimum absolute atomic E-state index is 1.01. The van der Waals surface area contributed by atoms with Crippen LogP contribution in [0.15, 0.2) is 146 Å². The van der Waals surface area contributed by atoms with E-state index in [2.05, 4.69) is 150 Å². The number of pyridine rings is 1. The average molecular weight is 577 g/mol. The summed E-state index contributed by atoms with van der Waals surface area (Å²) in [7, 11) is 0. The summed E-state index contributed by atoms with van der Waals surface area (Å²) in [4.78, 5) is 5.12. The highest BCUT2D eigenvalue weighted by Crippen LogP contribution is 2.39. The van der Waals surface area contributed by atoms with Crippen LogP contribution in [0, 0.1) is 0 Å². The number of nitrogens with zero attached hydrogens (tertiary/aromatic N) is 2. The van der Waals surface area contributed by atoms with Crippen LogP contribution in [-0.4, -0.2) is 9.38 Å². The molecule has 0 atom stereocenters. The normalized spacial score (nSPS) is 12.1. The van der Waals surface area contributed by atoms with Crippen LogP contribution in [0.4, 0.5) is 0 Å². The molecule has 3 heteroatoms. The van der Waals surface area contributed by atoms with Gasteiger partial charge in [-0.1, -0.05) is 91.0 Å². The lowest BCUT2D eigenvalue weighted by molar-refractivity contribution is 1.32. The number of aromatic nitrogens is 2. The van der Waals surface area contributed by atoms with Crippen LogP contribution in [0.1, 0.15) is 0 Å². The Bertz CT molecular complexity index is 2760. The second-order valence-electron chi connectivity index (χ2n) is 11.6. The van der Waals surface area contributed by atoms with Crippen LogP contribution in [0.2, 0.25) is 0 Å². The molecule has 3 heterocycles. The fraction of sp³-hybridized carbons (Fsp3) is 0. The van der Waals surface area contributed by atoms with Crippen molar-refractivity contribution in [1.29, 1.82) is 0 Å². The maximum atomic E-state index is 5.12. The fourth-order valence-corrected chi connectivity index (χ4v) is 8.07. The minimum Gasteiger partial charge on any atom is -0.292 e. The largest absolute Gasteiger partial charge is 0.292 e. The highest BCUT2D eigenvalue weighted by molar-refractivity contribution is 7.25. The third-order valence-corrected chi connectivity index (χ3v) is 10.3. The molecule has 0 aliphatic carbocycles.